The maximum Gasteiger partial charge on any atom is 0.242 e. The Labute approximate surface area is 183 Å². The molecule has 0 aromatic heterocycles. The number of amides is 2. The van der Waals surface area contributed by atoms with Crippen molar-refractivity contribution < 1.29 is 23.1 Å². The quantitative estimate of drug-likeness (QED) is 0.453. The largest absolute Gasteiger partial charge is 0.395 e. The number of sulfonamides is 1. The van der Waals surface area contributed by atoms with Crippen LogP contribution in [0.15, 0.2) is 23.1 Å². The smallest absolute Gasteiger partial charge is 0.242 e. The van der Waals surface area contributed by atoms with Crippen LogP contribution in [0.25, 0.3) is 0 Å². The number of hydrogen-bond acceptors (Lipinski definition) is 7. The van der Waals surface area contributed by atoms with Gasteiger partial charge < -0.3 is 20.6 Å². The summed E-state index contributed by atoms with van der Waals surface area (Å²) in [6, 6.07) is 3.72. The van der Waals surface area contributed by atoms with Crippen LogP contribution in [0.1, 0.15) is 18.4 Å². The molecule has 2 heterocycles. The Balaban J connectivity index is 1.74. The summed E-state index contributed by atoms with van der Waals surface area (Å²) < 4.78 is 28.7. The number of anilines is 1. The Bertz CT molecular complexity index is 915. The minimum absolute atomic E-state index is 0.0269. The number of rotatable bonds is 8. The standard InChI is InChI=1S/C20H31N5O5S/c1-15-17(25-7-3-6-19(25)27)4-2-5-18(15)31(29,30)22-16(14-21)20(28)24-10-8-23(9-11-24)12-13-26/h2,4-5,16,22,26H,3,6-14,21H2,1H3/t16-/m0/s1. The number of piperazine rings is 1. The number of β-amino-alcohol motifs (C(OH)–C–C–N with tert-alkyl or cyclic N) is 1. The predicted octanol–water partition coefficient (Wildman–Crippen LogP) is -1.14. The molecular formula is C20H31N5O5S. The number of carbonyl (C=O) groups is 2. The van der Waals surface area contributed by atoms with Crippen LogP contribution >= 0.6 is 0 Å². The molecule has 1 atom stereocenters. The highest BCUT2D eigenvalue weighted by Crippen LogP contribution is 2.29. The fraction of sp³-hybridized carbons (Fsp3) is 0.600. The van der Waals surface area contributed by atoms with Crippen LogP contribution in [0.4, 0.5) is 5.69 Å². The number of nitrogens with zero attached hydrogens (tertiary/aromatic N) is 3. The van der Waals surface area contributed by atoms with Crippen molar-refractivity contribution in [2.45, 2.75) is 30.7 Å². The molecule has 4 N–H and O–H groups in total. The lowest BCUT2D eigenvalue weighted by atomic mass is 10.2. The lowest BCUT2D eigenvalue weighted by molar-refractivity contribution is -0.134. The monoisotopic (exact) mass is 453 g/mol. The number of carbonyl (C=O) groups excluding carboxylic acids is 2. The Morgan fingerprint density at radius 1 is 1.23 bits per heavy atom. The molecular weight excluding hydrogens is 422 g/mol. The number of benzene rings is 1. The molecule has 3 rings (SSSR count). The molecule has 2 aliphatic heterocycles. The van der Waals surface area contributed by atoms with Crippen LogP contribution in [-0.4, -0.2) is 93.6 Å². The zero-order valence-electron chi connectivity index (χ0n) is 17.8. The van der Waals surface area contributed by atoms with Crippen LogP contribution in [0, 0.1) is 6.92 Å². The third kappa shape index (κ3) is 5.24. The molecule has 2 fully saturated rings. The molecule has 1 aromatic rings. The molecule has 2 saturated heterocycles. The molecule has 0 spiro atoms. The topological polar surface area (TPSA) is 136 Å². The SMILES string of the molecule is Cc1c(N2CCCC2=O)cccc1S(=O)(=O)N[C@@H](CN)C(=O)N1CCN(CCO)CC1. The average Bonchev–Trinajstić information content (AvgIpc) is 3.18. The number of hydrogen-bond donors (Lipinski definition) is 3. The van der Waals surface area contributed by atoms with Crippen molar-refractivity contribution in [1.29, 1.82) is 0 Å². The van der Waals surface area contributed by atoms with Gasteiger partial charge in [0.15, 0.2) is 0 Å². The van der Waals surface area contributed by atoms with E-state index in [0.717, 1.165) is 6.42 Å². The van der Waals surface area contributed by atoms with Gasteiger partial charge in [0.2, 0.25) is 21.8 Å². The second-order valence-corrected chi connectivity index (χ2v) is 9.53. The first-order valence-corrected chi connectivity index (χ1v) is 12.0. The summed E-state index contributed by atoms with van der Waals surface area (Å²) in [5.74, 6) is -0.390. The van der Waals surface area contributed by atoms with E-state index in [1.54, 1.807) is 28.9 Å². The van der Waals surface area contributed by atoms with E-state index in [1.165, 1.54) is 6.07 Å². The van der Waals surface area contributed by atoms with Crippen molar-refractivity contribution in [1.82, 2.24) is 14.5 Å². The highest BCUT2D eigenvalue weighted by Gasteiger charge is 2.32. The van der Waals surface area contributed by atoms with Crippen molar-refractivity contribution >= 4 is 27.5 Å². The second kappa shape index (κ2) is 10.0. The zero-order chi connectivity index (χ0) is 22.6. The molecule has 0 radical (unpaired) electrons. The molecule has 2 amide bonds. The summed E-state index contributed by atoms with van der Waals surface area (Å²) in [5, 5.41) is 9.04. The first-order chi connectivity index (χ1) is 14.8. The molecule has 2 aliphatic rings. The fourth-order valence-electron chi connectivity index (χ4n) is 4.09. The van der Waals surface area contributed by atoms with Crippen molar-refractivity contribution in [3.05, 3.63) is 23.8 Å². The first-order valence-electron chi connectivity index (χ1n) is 10.5. The van der Waals surface area contributed by atoms with Gasteiger partial charge in [-0.3, -0.25) is 14.5 Å². The molecule has 10 nitrogen and oxygen atoms in total. The summed E-state index contributed by atoms with van der Waals surface area (Å²) in [5.41, 5.74) is 6.79. The predicted molar refractivity (Wildman–Crippen MR) is 116 cm³/mol. The van der Waals surface area contributed by atoms with Gasteiger partial charge in [-0.2, -0.15) is 4.72 Å². The van der Waals surface area contributed by atoms with Gasteiger partial charge >= 0.3 is 0 Å². The van der Waals surface area contributed by atoms with Gasteiger partial charge in [-0.05, 0) is 31.0 Å². The van der Waals surface area contributed by atoms with E-state index in [2.05, 4.69) is 4.72 Å². The molecule has 31 heavy (non-hydrogen) atoms. The number of aliphatic hydroxyl groups is 1. The van der Waals surface area contributed by atoms with Gasteiger partial charge in [0.25, 0.3) is 0 Å². The van der Waals surface area contributed by atoms with E-state index in [1.807, 2.05) is 4.90 Å². The Kier molecular flexibility index (Phi) is 7.65. The Hall–Kier alpha value is -2.05. The molecule has 0 aliphatic carbocycles. The third-order valence-corrected chi connectivity index (χ3v) is 7.46. The Morgan fingerprint density at radius 3 is 2.52 bits per heavy atom. The van der Waals surface area contributed by atoms with Gasteiger partial charge in [-0.25, -0.2) is 8.42 Å². The molecule has 1 aromatic carbocycles. The molecule has 11 heteroatoms. The van der Waals surface area contributed by atoms with Crippen LogP contribution in [-0.2, 0) is 19.6 Å². The van der Waals surface area contributed by atoms with E-state index < -0.39 is 16.1 Å². The van der Waals surface area contributed by atoms with Gasteiger partial charge in [0.1, 0.15) is 6.04 Å². The minimum Gasteiger partial charge on any atom is -0.395 e. The van der Waals surface area contributed by atoms with Gasteiger partial charge in [0, 0.05) is 57.9 Å². The van der Waals surface area contributed by atoms with Gasteiger partial charge in [0.05, 0.1) is 11.5 Å². The average molecular weight is 454 g/mol. The van der Waals surface area contributed by atoms with Crippen molar-refractivity contribution in [3.63, 3.8) is 0 Å². The summed E-state index contributed by atoms with van der Waals surface area (Å²) in [7, 11) is -4.03. The summed E-state index contributed by atoms with van der Waals surface area (Å²) in [6.07, 6.45) is 1.19. The molecule has 0 bridgehead atoms. The number of aliphatic hydroxyl groups excluding tert-OH is 1. The van der Waals surface area contributed by atoms with E-state index in [4.69, 9.17) is 10.8 Å². The van der Waals surface area contributed by atoms with Crippen LogP contribution < -0.4 is 15.4 Å². The summed E-state index contributed by atoms with van der Waals surface area (Å²) in [6.45, 7) is 4.77. The van der Waals surface area contributed by atoms with E-state index in [0.29, 0.717) is 56.9 Å². The summed E-state index contributed by atoms with van der Waals surface area (Å²) in [4.78, 5) is 30.3. The van der Waals surface area contributed by atoms with Gasteiger partial charge in [-0.1, -0.05) is 6.07 Å². The van der Waals surface area contributed by atoms with Crippen LogP contribution in [0.5, 0.6) is 0 Å². The lowest BCUT2D eigenvalue weighted by Crippen LogP contribution is -2.57. The minimum atomic E-state index is -4.03. The third-order valence-electron chi connectivity index (χ3n) is 5.84. The Morgan fingerprint density at radius 2 is 1.94 bits per heavy atom. The fourth-order valence-corrected chi connectivity index (χ4v) is 5.56. The van der Waals surface area contributed by atoms with Crippen molar-refractivity contribution in [2.75, 3.05) is 57.3 Å². The normalized spacial score (nSPS) is 19.1. The molecule has 172 valence electrons. The number of nitrogens with one attached hydrogen (secondary N) is 1. The number of nitrogens with two attached hydrogens (primary N) is 1. The van der Waals surface area contributed by atoms with Gasteiger partial charge in [-0.15, -0.1) is 0 Å². The highest BCUT2D eigenvalue weighted by atomic mass is 32.2. The maximum absolute atomic E-state index is 13.1. The van der Waals surface area contributed by atoms with Crippen LogP contribution in [0.2, 0.25) is 0 Å². The van der Waals surface area contributed by atoms with E-state index in [-0.39, 0.29) is 29.9 Å². The van der Waals surface area contributed by atoms with Crippen molar-refractivity contribution in [2.24, 2.45) is 5.73 Å². The van der Waals surface area contributed by atoms with E-state index in [9.17, 15) is 18.0 Å². The van der Waals surface area contributed by atoms with Crippen molar-refractivity contribution in [3.8, 4) is 0 Å². The van der Waals surface area contributed by atoms with E-state index >= 15 is 0 Å². The first kappa shape index (κ1) is 23.6. The lowest BCUT2D eigenvalue weighted by Gasteiger charge is -2.36. The molecule has 0 saturated carbocycles. The maximum atomic E-state index is 13.1. The zero-order valence-corrected chi connectivity index (χ0v) is 18.6. The highest BCUT2D eigenvalue weighted by molar-refractivity contribution is 7.89. The molecule has 0 unspecified atom stereocenters. The second-order valence-electron chi connectivity index (χ2n) is 7.85. The summed E-state index contributed by atoms with van der Waals surface area (Å²) >= 11 is 0. The van der Waals surface area contributed by atoms with Crippen LogP contribution in [0.3, 0.4) is 0 Å².